The molecule has 0 aliphatic rings. The van der Waals surface area contributed by atoms with Crippen LogP contribution in [0.5, 0.6) is 11.5 Å². The molecule has 10 nitrogen and oxygen atoms in total. The van der Waals surface area contributed by atoms with E-state index in [-0.39, 0.29) is 46.8 Å². The Balaban J connectivity index is 1.79. The molecular formula is C38H58N4O6. The number of aryl methyl sites for hydroxylation is 2. The van der Waals surface area contributed by atoms with Gasteiger partial charge in [-0.15, -0.1) is 0 Å². The predicted octanol–water partition coefficient (Wildman–Crippen LogP) is 7.32. The van der Waals surface area contributed by atoms with E-state index < -0.39 is 11.8 Å². The van der Waals surface area contributed by atoms with Gasteiger partial charge in [-0.05, 0) is 68.2 Å². The van der Waals surface area contributed by atoms with Crippen molar-refractivity contribution in [3.8, 4) is 11.5 Å². The van der Waals surface area contributed by atoms with Gasteiger partial charge in [0.25, 0.3) is 11.8 Å². The lowest BCUT2D eigenvalue weighted by molar-refractivity contribution is -0.126. The van der Waals surface area contributed by atoms with E-state index >= 15 is 0 Å². The maximum Gasteiger partial charge on any atom is 0.273 e. The summed E-state index contributed by atoms with van der Waals surface area (Å²) in [4.78, 5) is 51.3. The molecular weight excluding hydrogens is 608 g/mol. The van der Waals surface area contributed by atoms with Crippen LogP contribution in [0.1, 0.15) is 155 Å². The second-order valence-corrected chi connectivity index (χ2v) is 12.6. The van der Waals surface area contributed by atoms with Gasteiger partial charge in [-0.1, -0.05) is 109 Å². The molecule has 6 N–H and O–H groups in total. The zero-order chi connectivity index (χ0) is 35.1. The second kappa shape index (κ2) is 23.3. The summed E-state index contributed by atoms with van der Waals surface area (Å²) in [7, 11) is 0. The monoisotopic (exact) mass is 666 g/mol. The van der Waals surface area contributed by atoms with Crippen LogP contribution in [0, 0.1) is 5.92 Å². The third-order valence-corrected chi connectivity index (χ3v) is 8.66. The first-order valence-electron chi connectivity index (χ1n) is 18.0. The fourth-order valence-corrected chi connectivity index (χ4v) is 5.84. The molecule has 0 fully saturated rings. The average molecular weight is 667 g/mol. The number of hydrogen-bond acceptors (Lipinski definition) is 6. The number of amides is 4. The molecule has 1 unspecified atom stereocenters. The van der Waals surface area contributed by atoms with Crippen LogP contribution in [-0.4, -0.2) is 33.8 Å². The molecule has 48 heavy (non-hydrogen) atoms. The molecule has 0 radical (unpaired) electrons. The Labute approximate surface area is 286 Å². The van der Waals surface area contributed by atoms with E-state index in [0.717, 1.165) is 81.8 Å². The van der Waals surface area contributed by atoms with Crippen LogP contribution in [0.2, 0.25) is 0 Å². The molecule has 2 aromatic carbocycles. The number of benzene rings is 2. The van der Waals surface area contributed by atoms with Crippen LogP contribution >= 0.6 is 0 Å². The highest BCUT2D eigenvalue weighted by Crippen LogP contribution is 2.24. The first-order chi connectivity index (χ1) is 23.2. The van der Waals surface area contributed by atoms with Crippen molar-refractivity contribution in [2.75, 3.05) is 0 Å². The number of phenols is 2. The lowest BCUT2D eigenvalue weighted by Gasteiger charge is -2.18. The molecule has 0 saturated carbocycles. The SMILES string of the molecule is CCCCCCc1cccc(O)c1C(=O)NNC(=O)CCCCCC(CCCC)C(=O)NNC(=O)c1c(O)cccc1CCCCCC. The Kier molecular flexibility index (Phi) is 19.4. The summed E-state index contributed by atoms with van der Waals surface area (Å²) in [5.74, 6) is -2.21. The lowest BCUT2D eigenvalue weighted by atomic mass is 9.94. The predicted molar refractivity (Wildman–Crippen MR) is 189 cm³/mol. The minimum Gasteiger partial charge on any atom is -0.507 e. The van der Waals surface area contributed by atoms with Gasteiger partial charge in [-0.2, -0.15) is 0 Å². The molecule has 4 amide bonds. The number of aromatic hydroxyl groups is 2. The van der Waals surface area contributed by atoms with Crippen LogP contribution < -0.4 is 21.7 Å². The number of hydrogen-bond donors (Lipinski definition) is 6. The third-order valence-electron chi connectivity index (χ3n) is 8.66. The highest BCUT2D eigenvalue weighted by Gasteiger charge is 2.21. The summed E-state index contributed by atoms with van der Waals surface area (Å²) in [6, 6.07) is 10.0. The van der Waals surface area contributed by atoms with Crippen LogP contribution in [0.4, 0.5) is 0 Å². The van der Waals surface area contributed by atoms with Crippen LogP contribution in [0.3, 0.4) is 0 Å². The van der Waals surface area contributed by atoms with Gasteiger partial charge in [0.15, 0.2) is 0 Å². The van der Waals surface area contributed by atoms with E-state index in [1.165, 1.54) is 12.1 Å². The Morgan fingerprint density at radius 2 is 1.04 bits per heavy atom. The van der Waals surface area contributed by atoms with Crippen LogP contribution in [-0.2, 0) is 22.4 Å². The molecule has 0 heterocycles. The fourth-order valence-electron chi connectivity index (χ4n) is 5.84. The Bertz CT molecular complexity index is 1300. The first-order valence-corrected chi connectivity index (χ1v) is 18.0. The normalized spacial score (nSPS) is 11.5. The summed E-state index contributed by atoms with van der Waals surface area (Å²) >= 11 is 0. The number of phenolic OH excluding ortho intramolecular Hbond substituents is 2. The molecule has 0 bridgehead atoms. The Morgan fingerprint density at radius 3 is 1.56 bits per heavy atom. The van der Waals surface area contributed by atoms with E-state index in [0.29, 0.717) is 38.5 Å². The zero-order valence-electron chi connectivity index (χ0n) is 29.3. The van der Waals surface area contributed by atoms with Gasteiger partial charge < -0.3 is 10.2 Å². The number of unbranched alkanes of at least 4 members (excludes halogenated alkanes) is 9. The maximum absolute atomic E-state index is 13.1. The van der Waals surface area contributed by atoms with Crippen molar-refractivity contribution in [2.45, 2.75) is 136 Å². The molecule has 266 valence electrons. The largest absolute Gasteiger partial charge is 0.507 e. The van der Waals surface area contributed by atoms with Crippen molar-refractivity contribution in [2.24, 2.45) is 5.92 Å². The van der Waals surface area contributed by atoms with Crippen LogP contribution in [0.25, 0.3) is 0 Å². The first kappa shape index (κ1) is 40.1. The molecule has 0 spiro atoms. The zero-order valence-corrected chi connectivity index (χ0v) is 29.3. The topological polar surface area (TPSA) is 157 Å². The summed E-state index contributed by atoms with van der Waals surface area (Å²) in [6.07, 6.45) is 15.0. The number of carbonyl (C=O) groups excluding carboxylic acids is 4. The van der Waals surface area contributed by atoms with Crippen molar-refractivity contribution in [1.29, 1.82) is 0 Å². The van der Waals surface area contributed by atoms with Gasteiger partial charge in [0.2, 0.25) is 11.8 Å². The van der Waals surface area contributed by atoms with Crippen molar-refractivity contribution in [3.63, 3.8) is 0 Å². The summed E-state index contributed by atoms with van der Waals surface area (Å²) < 4.78 is 0. The summed E-state index contributed by atoms with van der Waals surface area (Å²) in [6.45, 7) is 6.33. The van der Waals surface area contributed by atoms with Crippen molar-refractivity contribution < 1.29 is 29.4 Å². The number of nitrogens with one attached hydrogen (secondary N) is 4. The van der Waals surface area contributed by atoms with Crippen LogP contribution in [0.15, 0.2) is 36.4 Å². The number of rotatable bonds is 22. The average Bonchev–Trinajstić information content (AvgIpc) is 3.07. The standard InChI is InChI=1S/C38H58N4O6/c1-4-7-10-13-20-28-23-17-25-31(43)34(28)37(47)41-39-33(45)27-16-12-15-22-30(19-9-6-3)36(46)40-42-38(48)35-29(21-14-11-8-5-2)24-18-26-32(35)44/h17-18,23-26,30,43-44H,4-16,19-22,27H2,1-3H3,(H,39,45)(H,40,46)(H,41,47)(H,42,48). The Hall–Kier alpha value is -4.08. The molecule has 0 aliphatic carbocycles. The molecule has 0 aromatic heterocycles. The van der Waals surface area contributed by atoms with E-state index in [4.69, 9.17) is 0 Å². The van der Waals surface area contributed by atoms with Gasteiger partial charge in [0.1, 0.15) is 11.5 Å². The van der Waals surface area contributed by atoms with Gasteiger partial charge in [-0.3, -0.25) is 40.9 Å². The Morgan fingerprint density at radius 1 is 0.562 bits per heavy atom. The van der Waals surface area contributed by atoms with Gasteiger partial charge in [-0.25, -0.2) is 0 Å². The maximum atomic E-state index is 13.1. The molecule has 1 atom stereocenters. The molecule has 0 aliphatic heterocycles. The van der Waals surface area contributed by atoms with E-state index in [2.05, 4.69) is 42.5 Å². The van der Waals surface area contributed by atoms with Gasteiger partial charge >= 0.3 is 0 Å². The minimum atomic E-state index is -0.547. The van der Waals surface area contributed by atoms with Gasteiger partial charge in [0.05, 0.1) is 11.1 Å². The molecule has 0 saturated heterocycles. The van der Waals surface area contributed by atoms with Crippen molar-refractivity contribution in [1.82, 2.24) is 21.7 Å². The third kappa shape index (κ3) is 14.4. The minimum absolute atomic E-state index is 0.110. The summed E-state index contributed by atoms with van der Waals surface area (Å²) in [5.41, 5.74) is 11.9. The molecule has 2 rings (SSSR count). The van der Waals surface area contributed by atoms with Crippen molar-refractivity contribution in [3.05, 3.63) is 58.7 Å². The quantitative estimate of drug-likeness (QED) is 0.0571. The highest BCUT2D eigenvalue weighted by atomic mass is 16.3. The summed E-state index contributed by atoms with van der Waals surface area (Å²) in [5, 5.41) is 20.7. The number of hydrazine groups is 2. The molecule has 2 aromatic rings. The van der Waals surface area contributed by atoms with E-state index in [1.807, 2.05) is 12.1 Å². The fraction of sp³-hybridized carbons (Fsp3) is 0.579. The highest BCUT2D eigenvalue weighted by molar-refractivity contribution is 6.00. The van der Waals surface area contributed by atoms with E-state index in [9.17, 15) is 29.4 Å². The molecule has 10 heteroatoms. The smallest absolute Gasteiger partial charge is 0.273 e. The van der Waals surface area contributed by atoms with E-state index in [1.54, 1.807) is 12.1 Å². The van der Waals surface area contributed by atoms with Gasteiger partial charge in [0, 0.05) is 12.3 Å². The van der Waals surface area contributed by atoms with Crippen molar-refractivity contribution >= 4 is 23.6 Å². The second-order valence-electron chi connectivity index (χ2n) is 12.6. The lowest BCUT2D eigenvalue weighted by Crippen LogP contribution is -2.44. The number of carbonyl (C=O) groups is 4.